The highest BCUT2D eigenvalue weighted by molar-refractivity contribution is 7.98. The molecule has 1 aliphatic carbocycles. The summed E-state index contributed by atoms with van der Waals surface area (Å²) < 4.78 is 0. The van der Waals surface area contributed by atoms with Crippen LogP contribution in [-0.4, -0.2) is 17.5 Å². The summed E-state index contributed by atoms with van der Waals surface area (Å²) in [5.74, 6) is 0. The van der Waals surface area contributed by atoms with Gasteiger partial charge < -0.3 is 5.11 Å². The lowest BCUT2D eigenvalue weighted by Gasteiger charge is -2.11. The third-order valence-electron chi connectivity index (χ3n) is 2.39. The number of aliphatic hydroxyl groups is 1. The lowest BCUT2D eigenvalue weighted by Crippen LogP contribution is -2.09. The van der Waals surface area contributed by atoms with Crippen LogP contribution in [0.25, 0.3) is 0 Å². The van der Waals surface area contributed by atoms with Crippen LogP contribution in [0.1, 0.15) is 16.4 Å². The largest absolute Gasteiger partial charge is 0.391 e. The second-order valence-electron chi connectivity index (χ2n) is 3.13. The third-order valence-corrected chi connectivity index (χ3v) is 3.47. The molecule has 1 N–H and O–H groups in total. The molecule has 0 radical (unpaired) electrons. The Morgan fingerprint density at radius 2 is 2.17 bits per heavy atom. The molecule has 0 heterocycles. The summed E-state index contributed by atoms with van der Waals surface area (Å²) in [5, 5.41) is 9.98. The molecule has 1 aromatic rings. The number of hydrogen-bond acceptors (Lipinski definition) is 2. The van der Waals surface area contributed by atoms with Crippen LogP contribution >= 0.6 is 11.8 Å². The van der Waals surface area contributed by atoms with E-state index in [1.807, 2.05) is 12.1 Å². The van der Waals surface area contributed by atoms with E-state index in [2.05, 4.69) is 18.4 Å². The highest BCUT2D eigenvalue weighted by Gasteiger charge is 2.29. The van der Waals surface area contributed by atoms with E-state index in [0.29, 0.717) is 5.25 Å². The number of rotatable bonds is 1. The minimum Gasteiger partial charge on any atom is -0.391 e. The fourth-order valence-electron chi connectivity index (χ4n) is 1.82. The van der Waals surface area contributed by atoms with E-state index in [9.17, 15) is 5.11 Å². The molecule has 2 rings (SSSR count). The van der Waals surface area contributed by atoms with E-state index < -0.39 is 0 Å². The lowest BCUT2D eigenvalue weighted by molar-refractivity contribution is 0.184. The Bertz CT molecular complexity index is 285. The molecule has 1 aromatic carbocycles. The number of aliphatic hydroxyl groups excluding tert-OH is 1. The fraction of sp³-hybridized carbons (Fsp3) is 0.400. The van der Waals surface area contributed by atoms with Gasteiger partial charge in [0.1, 0.15) is 0 Å². The van der Waals surface area contributed by atoms with Gasteiger partial charge in [0.2, 0.25) is 0 Å². The van der Waals surface area contributed by atoms with Crippen molar-refractivity contribution in [3.8, 4) is 0 Å². The van der Waals surface area contributed by atoms with Gasteiger partial charge in [0.05, 0.1) is 11.4 Å². The van der Waals surface area contributed by atoms with Crippen molar-refractivity contribution in [1.29, 1.82) is 0 Å². The van der Waals surface area contributed by atoms with Crippen molar-refractivity contribution in [2.24, 2.45) is 0 Å². The van der Waals surface area contributed by atoms with Gasteiger partial charge in [0, 0.05) is 6.42 Å². The first-order chi connectivity index (χ1) is 5.83. The van der Waals surface area contributed by atoms with Crippen LogP contribution in [-0.2, 0) is 6.42 Å². The molecule has 2 unspecified atom stereocenters. The van der Waals surface area contributed by atoms with Crippen molar-refractivity contribution >= 4 is 11.8 Å². The first kappa shape index (κ1) is 8.14. The topological polar surface area (TPSA) is 20.2 Å². The predicted molar refractivity (Wildman–Crippen MR) is 52.4 cm³/mol. The molecule has 1 nitrogen and oxygen atoms in total. The van der Waals surface area contributed by atoms with Gasteiger partial charge in [-0.15, -0.1) is 0 Å². The summed E-state index contributed by atoms with van der Waals surface area (Å²) in [4.78, 5) is 0. The molecular weight excluding hydrogens is 168 g/mol. The molecule has 0 saturated heterocycles. The molecule has 0 spiro atoms. The molecule has 12 heavy (non-hydrogen) atoms. The van der Waals surface area contributed by atoms with Gasteiger partial charge in [0.15, 0.2) is 0 Å². The van der Waals surface area contributed by atoms with E-state index in [1.165, 1.54) is 11.1 Å². The van der Waals surface area contributed by atoms with Gasteiger partial charge in [-0.25, -0.2) is 0 Å². The standard InChI is InChI=1S/C10H12OS/c1-12-10-8-5-3-2-4-7(8)6-9(10)11/h2-5,9-11H,6H2,1H3. The number of thioether (sulfide) groups is 1. The quantitative estimate of drug-likeness (QED) is 0.713. The van der Waals surface area contributed by atoms with Gasteiger partial charge in [-0.1, -0.05) is 24.3 Å². The summed E-state index contributed by atoms with van der Waals surface area (Å²) in [6, 6.07) is 8.30. The first-order valence-corrected chi connectivity index (χ1v) is 5.40. The minimum absolute atomic E-state index is 0.183. The first-order valence-electron chi connectivity index (χ1n) is 4.11. The Hall–Kier alpha value is -0.470. The number of fused-ring (bicyclic) bond motifs is 1. The normalized spacial score (nSPS) is 27.2. The van der Waals surface area contributed by atoms with Gasteiger partial charge in [-0.2, -0.15) is 11.8 Å². The molecule has 2 heteroatoms. The molecule has 0 fully saturated rings. The van der Waals surface area contributed by atoms with E-state index in [-0.39, 0.29) is 6.10 Å². The third kappa shape index (κ3) is 1.15. The van der Waals surface area contributed by atoms with E-state index in [4.69, 9.17) is 0 Å². The van der Waals surface area contributed by atoms with Gasteiger partial charge in [-0.3, -0.25) is 0 Å². The van der Waals surface area contributed by atoms with Crippen LogP contribution in [0.3, 0.4) is 0 Å². The lowest BCUT2D eigenvalue weighted by atomic mass is 10.1. The Balaban J connectivity index is 2.40. The van der Waals surface area contributed by atoms with Crippen molar-refractivity contribution in [1.82, 2.24) is 0 Å². The van der Waals surface area contributed by atoms with Crippen LogP contribution in [0.15, 0.2) is 24.3 Å². The second kappa shape index (κ2) is 3.11. The monoisotopic (exact) mass is 180 g/mol. The second-order valence-corrected chi connectivity index (χ2v) is 4.11. The van der Waals surface area contributed by atoms with Crippen molar-refractivity contribution in [2.45, 2.75) is 17.8 Å². The molecular formula is C10H12OS. The summed E-state index contributed by atoms with van der Waals surface area (Å²) >= 11 is 1.73. The predicted octanol–water partition coefficient (Wildman–Crippen LogP) is 2.01. The highest BCUT2D eigenvalue weighted by atomic mass is 32.2. The van der Waals surface area contributed by atoms with Gasteiger partial charge in [-0.05, 0) is 17.4 Å². The van der Waals surface area contributed by atoms with Crippen LogP contribution in [0.2, 0.25) is 0 Å². The highest BCUT2D eigenvalue weighted by Crippen LogP contribution is 2.39. The zero-order valence-electron chi connectivity index (χ0n) is 7.03. The molecule has 1 aliphatic rings. The summed E-state index contributed by atoms with van der Waals surface area (Å²) in [6.07, 6.45) is 2.69. The van der Waals surface area contributed by atoms with Crippen molar-refractivity contribution in [3.63, 3.8) is 0 Å². The van der Waals surface area contributed by atoms with Crippen molar-refractivity contribution < 1.29 is 5.11 Å². The van der Waals surface area contributed by atoms with Crippen LogP contribution in [0.5, 0.6) is 0 Å². The minimum atomic E-state index is -0.183. The average molecular weight is 180 g/mol. The summed E-state index contributed by atoms with van der Waals surface area (Å²) in [5.41, 5.74) is 2.63. The van der Waals surface area contributed by atoms with Crippen molar-refractivity contribution in [3.05, 3.63) is 35.4 Å². The summed E-state index contributed by atoms with van der Waals surface area (Å²) in [7, 11) is 0. The fourth-order valence-corrected chi connectivity index (χ4v) is 2.72. The zero-order chi connectivity index (χ0) is 8.55. The SMILES string of the molecule is CSC1c2ccccc2CC1O. The summed E-state index contributed by atoms with van der Waals surface area (Å²) in [6.45, 7) is 0. The molecule has 0 aliphatic heterocycles. The van der Waals surface area contributed by atoms with Crippen LogP contribution < -0.4 is 0 Å². The Morgan fingerprint density at radius 3 is 2.92 bits per heavy atom. The van der Waals surface area contributed by atoms with Crippen molar-refractivity contribution in [2.75, 3.05) is 6.26 Å². The molecule has 64 valence electrons. The molecule has 0 aromatic heterocycles. The number of hydrogen-bond donors (Lipinski definition) is 1. The Kier molecular flexibility index (Phi) is 2.11. The average Bonchev–Trinajstić information content (AvgIpc) is 2.40. The zero-order valence-corrected chi connectivity index (χ0v) is 7.84. The smallest absolute Gasteiger partial charge is 0.0739 e. The molecule has 0 saturated carbocycles. The van der Waals surface area contributed by atoms with Gasteiger partial charge >= 0.3 is 0 Å². The maximum absolute atomic E-state index is 9.69. The Labute approximate surface area is 76.8 Å². The van der Waals surface area contributed by atoms with E-state index in [1.54, 1.807) is 11.8 Å². The molecule has 0 bridgehead atoms. The van der Waals surface area contributed by atoms with E-state index in [0.717, 1.165) is 6.42 Å². The van der Waals surface area contributed by atoms with E-state index >= 15 is 0 Å². The molecule has 0 amide bonds. The number of benzene rings is 1. The maximum Gasteiger partial charge on any atom is 0.0739 e. The van der Waals surface area contributed by atoms with Gasteiger partial charge in [0.25, 0.3) is 0 Å². The van der Waals surface area contributed by atoms with Crippen LogP contribution in [0.4, 0.5) is 0 Å². The van der Waals surface area contributed by atoms with Crippen LogP contribution in [0, 0.1) is 0 Å². The Morgan fingerprint density at radius 1 is 1.42 bits per heavy atom. The molecule has 2 atom stereocenters. The maximum atomic E-state index is 9.69.